The summed E-state index contributed by atoms with van der Waals surface area (Å²) < 4.78 is 11.1. The molecule has 1 aliphatic heterocycles. The Morgan fingerprint density at radius 1 is 1.05 bits per heavy atom. The molecule has 19 heavy (non-hydrogen) atoms. The average molecular weight is 292 g/mol. The van der Waals surface area contributed by atoms with Crippen molar-refractivity contribution in [3.8, 4) is 0 Å². The summed E-state index contributed by atoms with van der Waals surface area (Å²) >= 11 is 1.38. The first-order valence-corrected chi connectivity index (χ1v) is 8.33. The van der Waals surface area contributed by atoms with Crippen molar-refractivity contribution in [3.05, 3.63) is 0 Å². The quantitative estimate of drug-likeness (QED) is 0.767. The standard InChI is InChI=1S/C11H20O3S.2C2H6/c1-5-6-15-9(12)11(4)7-13-10(2,3)14-8-11;2*1-2/h5-8H2,1-4H3;2*1-2H3. The van der Waals surface area contributed by atoms with E-state index in [0.717, 1.165) is 12.2 Å². The monoisotopic (exact) mass is 292 g/mol. The van der Waals surface area contributed by atoms with Crippen LogP contribution in [-0.4, -0.2) is 29.9 Å². The molecule has 3 nitrogen and oxygen atoms in total. The normalized spacial score (nSPS) is 19.4. The predicted molar refractivity (Wildman–Crippen MR) is 84.5 cm³/mol. The molecule has 0 unspecified atom stereocenters. The highest BCUT2D eigenvalue weighted by molar-refractivity contribution is 8.13. The molecular formula is C15H32O3S. The fraction of sp³-hybridized carbons (Fsp3) is 0.933. The van der Waals surface area contributed by atoms with E-state index < -0.39 is 11.2 Å². The molecule has 0 aromatic heterocycles. The third-order valence-corrected chi connectivity index (χ3v) is 3.77. The van der Waals surface area contributed by atoms with Crippen LogP contribution in [-0.2, 0) is 14.3 Å². The number of rotatable bonds is 3. The largest absolute Gasteiger partial charge is 0.349 e. The highest BCUT2D eigenvalue weighted by Gasteiger charge is 2.41. The summed E-state index contributed by atoms with van der Waals surface area (Å²) in [4.78, 5) is 11.9. The van der Waals surface area contributed by atoms with Gasteiger partial charge in [-0.2, -0.15) is 0 Å². The zero-order valence-electron chi connectivity index (χ0n) is 14.0. The molecule has 0 spiro atoms. The maximum absolute atomic E-state index is 11.9. The fourth-order valence-electron chi connectivity index (χ4n) is 1.24. The Balaban J connectivity index is 0. The molecule has 0 N–H and O–H groups in total. The second-order valence-electron chi connectivity index (χ2n) is 4.67. The molecule has 0 aliphatic carbocycles. The molecule has 1 rings (SSSR count). The van der Waals surface area contributed by atoms with Crippen molar-refractivity contribution in [2.24, 2.45) is 5.41 Å². The summed E-state index contributed by atoms with van der Waals surface area (Å²) in [5, 5.41) is 0.180. The molecule has 1 aliphatic rings. The Morgan fingerprint density at radius 2 is 1.47 bits per heavy atom. The van der Waals surface area contributed by atoms with E-state index in [0.29, 0.717) is 13.2 Å². The van der Waals surface area contributed by atoms with Gasteiger partial charge in [0.15, 0.2) is 10.9 Å². The van der Waals surface area contributed by atoms with Crippen LogP contribution < -0.4 is 0 Å². The van der Waals surface area contributed by atoms with Crippen LogP contribution in [0, 0.1) is 5.41 Å². The van der Waals surface area contributed by atoms with Crippen LogP contribution >= 0.6 is 11.8 Å². The molecule has 0 amide bonds. The molecule has 0 saturated carbocycles. The minimum absolute atomic E-state index is 0.180. The lowest BCUT2D eigenvalue weighted by Crippen LogP contribution is -2.48. The Morgan fingerprint density at radius 3 is 1.84 bits per heavy atom. The lowest BCUT2D eigenvalue weighted by atomic mass is 9.93. The number of carbonyl (C=O) groups is 1. The van der Waals surface area contributed by atoms with Gasteiger partial charge in [0.05, 0.1) is 18.6 Å². The van der Waals surface area contributed by atoms with Crippen LogP contribution in [0.3, 0.4) is 0 Å². The van der Waals surface area contributed by atoms with Crippen molar-refractivity contribution >= 4 is 16.9 Å². The molecule has 1 fully saturated rings. The van der Waals surface area contributed by atoms with E-state index in [4.69, 9.17) is 9.47 Å². The van der Waals surface area contributed by atoms with Gasteiger partial charge in [0, 0.05) is 5.75 Å². The third kappa shape index (κ3) is 7.95. The molecule has 0 atom stereocenters. The topological polar surface area (TPSA) is 35.5 Å². The zero-order chi connectivity index (χ0) is 15.5. The maximum Gasteiger partial charge on any atom is 0.199 e. The lowest BCUT2D eigenvalue weighted by molar-refractivity contribution is -0.275. The lowest BCUT2D eigenvalue weighted by Gasteiger charge is -2.40. The first kappa shape index (κ1) is 21.2. The number of hydrogen-bond acceptors (Lipinski definition) is 4. The molecule has 1 saturated heterocycles. The number of hydrogen-bond donors (Lipinski definition) is 0. The molecule has 0 radical (unpaired) electrons. The second-order valence-corrected chi connectivity index (χ2v) is 5.74. The summed E-state index contributed by atoms with van der Waals surface area (Å²) in [6, 6.07) is 0. The number of ether oxygens (including phenoxy) is 2. The predicted octanol–water partition coefficient (Wildman–Crippen LogP) is 4.50. The van der Waals surface area contributed by atoms with E-state index in [1.54, 1.807) is 0 Å². The molecular weight excluding hydrogens is 260 g/mol. The van der Waals surface area contributed by atoms with Gasteiger partial charge in [-0.15, -0.1) is 0 Å². The van der Waals surface area contributed by atoms with Crippen LogP contribution in [0.15, 0.2) is 0 Å². The van der Waals surface area contributed by atoms with E-state index in [-0.39, 0.29) is 5.12 Å². The highest BCUT2D eigenvalue weighted by atomic mass is 32.2. The van der Waals surface area contributed by atoms with Crippen LogP contribution in [0.5, 0.6) is 0 Å². The molecule has 1 heterocycles. The summed E-state index contributed by atoms with van der Waals surface area (Å²) in [7, 11) is 0. The summed E-state index contributed by atoms with van der Waals surface area (Å²) in [5.74, 6) is 0.326. The number of carbonyl (C=O) groups excluding carboxylic acids is 1. The minimum Gasteiger partial charge on any atom is -0.349 e. The Kier molecular flexibility index (Phi) is 12.0. The molecule has 116 valence electrons. The fourth-order valence-corrected chi connectivity index (χ4v) is 2.09. The van der Waals surface area contributed by atoms with Crippen LogP contribution in [0.1, 0.15) is 61.8 Å². The van der Waals surface area contributed by atoms with E-state index in [1.165, 1.54) is 11.8 Å². The highest BCUT2D eigenvalue weighted by Crippen LogP contribution is 2.33. The van der Waals surface area contributed by atoms with Crippen molar-refractivity contribution in [3.63, 3.8) is 0 Å². The molecule has 0 aromatic rings. The maximum atomic E-state index is 11.9. The van der Waals surface area contributed by atoms with Crippen LogP contribution in [0.4, 0.5) is 0 Å². The van der Waals surface area contributed by atoms with Crippen LogP contribution in [0.25, 0.3) is 0 Å². The van der Waals surface area contributed by atoms with Gasteiger partial charge >= 0.3 is 0 Å². The van der Waals surface area contributed by atoms with E-state index in [9.17, 15) is 4.79 Å². The van der Waals surface area contributed by atoms with Crippen molar-refractivity contribution in [1.29, 1.82) is 0 Å². The van der Waals surface area contributed by atoms with Crippen molar-refractivity contribution in [1.82, 2.24) is 0 Å². The Hall–Kier alpha value is -0.0600. The molecule has 0 aromatic carbocycles. The van der Waals surface area contributed by atoms with Gasteiger partial charge in [-0.05, 0) is 27.2 Å². The smallest absolute Gasteiger partial charge is 0.199 e. The van der Waals surface area contributed by atoms with Gasteiger partial charge in [0.1, 0.15) is 0 Å². The van der Waals surface area contributed by atoms with Crippen molar-refractivity contribution in [2.75, 3.05) is 19.0 Å². The van der Waals surface area contributed by atoms with Gasteiger partial charge in [-0.3, -0.25) is 4.79 Å². The Labute approximate surface area is 123 Å². The van der Waals surface area contributed by atoms with Crippen molar-refractivity contribution < 1.29 is 14.3 Å². The first-order chi connectivity index (χ1) is 8.90. The average Bonchev–Trinajstić information content (AvgIpc) is 2.44. The van der Waals surface area contributed by atoms with Crippen LogP contribution in [0.2, 0.25) is 0 Å². The Bertz CT molecular complexity index is 230. The number of thioether (sulfide) groups is 1. The summed E-state index contributed by atoms with van der Waals surface area (Å²) in [6.07, 6.45) is 1.01. The van der Waals surface area contributed by atoms with Gasteiger partial charge in [-0.1, -0.05) is 46.4 Å². The second kappa shape index (κ2) is 10.7. The summed E-state index contributed by atoms with van der Waals surface area (Å²) in [6.45, 7) is 16.6. The van der Waals surface area contributed by atoms with Gasteiger partial charge < -0.3 is 9.47 Å². The van der Waals surface area contributed by atoms with Gasteiger partial charge in [-0.25, -0.2) is 0 Å². The third-order valence-electron chi connectivity index (χ3n) is 2.41. The molecule has 4 heteroatoms. The van der Waals surface area contributed by atoms with Crippen molar-refractivity contribution in [2.45, 2.75) is 67.6 Å². The zero-order valence-corrected chi connectivity index (χ0v) is 14.8. The first-order valence-electron chi connectivity index (χ1n) is 7.35. The van der Waals surface area contributed by atoms with E-state index in [2.05, 4.69) is 6.92 Å². The van der Waals surface area contributed by atoms with E-state index in [1.807, 2.05) is 48.5 Å². The minimum atomic E-state index is -0.546. The SMILES string of the molecule is CC.CC.CCCSC(=O)C1(C)COC(C)(C)OC1. The van der Waals surface area contributed by atoms with E-state index >= 15 is 0 Å². The van der Waals surface area contributed by atoms with Gasteiger partial charge in [0.25, 0.3) is 0 Å². The molecule has 0 bridgehead atoms. The summed E-state index contributed by atoms with van der Waals surface area (Å²) in [5.41, 5.74) is -0.477. The van der Waals surface area contributed by atoms with Gasteiger partial charge in [0.2, 0.25) is 0 Å².